The van der Waals surface area contributed by atoms with Gasteiger partial charge in [0.1, 0.15) is 12.6 Å². The maximum absolute atomic E-state index is 14.0. The normalized spacial score (nSPS) is 14.8. The summed E-state index contributed by atoms with van der Waals surface area (Å²) in [5.41, 5.74) is 9.10. The van der Waals surface area contributed by atoms with Crippen molar-refractivity contribution in [3.8, 4) is 11.1 Å². The first kappa shape index (κ1) is 42.3. The monoisotopic (exact) mass is 842 g/mol. The van der Waals surface area contributed by atoms with Crippen LogP contribution < -0.4 is 5.32 Å². The molecule has 7 nitrogen and oxygen atoms in total. The fourth-order valence-corrected chi connectivity index (χ4v) is 9.18. The first-order valence-electron chi connectivity index (χ1n) is 21.5. The summed E-state index contributed by atoms with van der Waals surface area (Å²) in [4.78, 5) is 43.3. The molecule has 0 aromatic heterocycles. The Balaban J connectivity index is 0.942. The van der Waals surface area contributed by atoms with Gasteiger partial charge < -0.3 is 19.7 Å². The number of fused-ring (bicyclic) bond motifs is 3. The number of nitrogens with zero attached hydrogens (tertiary/aromatic N) is 1. The number of rotatable bonds is 14. The van der Waals surface area contributed by atoms with E-state index in [0.717, 1.165) is 74.9 Å². The van der Waals surface area contributed by atoms with Gasteiger partial charge >= 0.3 is 12.1 Å². The first-order valence-corrected chi connectivity index (χ1v) is 21.9. The molecular weight excluding hydrogens is 792 g/mol. The zero-order valence-corrected chi connectivity index (χ0v) is 35.8. The van der Waals surface area contributed by atoms with Gasteiger partial charge in [-0.05, 0) is 77.6 Å². The molecule has 0 radical (unpaired) electrons. The largest absolute Gasteiger partial charge is 0.449 e. The van der Waals surface area contributed by atoms with E-state index >= 15 is 0 Å². The molecule has 0 spiro atoms. The smallest absolute Gasteiger partial charge is 0.407 e. The Morgan fingerprint density at radius 3 is 1.98 bits per heavy atom. The van der Waals surface area contributed by atoms with Crippen molar-refractivity contribution in [3.63, 3.8) is 0 Å². The van der Waals surface area contributed by atoms with Gasteiger partial charge in [-0.2, -0.15) is 0 Å². The van der Waals surface area contributed by atoms with E-state index in [1.54, 1.807) is 0 Å². The van der Waals surface area contributed by atoms with E-state index in [1.807, 2.05) is 139 Å². The fraction of sp³-hybridized carbons (Fsp3) is 0.241. The van der Waals surface area contributed by atoms with E-state index in [4.69, 9.17) is 21.1 Å². The second-order valence-corrected chi connectivity index (χ2v) is 16.7. The highest BCUT2D eigenvalue weighted by molar-refractivity contribution is 6.31. The van der Waals surface area contributed by atoms with E-state index in [9.17, 15) is 14.4 Å². The van der Waals surface area contributed by atoms with Crippen molar-refractivity contribution in [3.05, 3.63) is 208 Å². The lowest BCUT2D eigenvalue weighted by Crippen LogP contribution is -2.51. The average Bonchev–Trinajstić information content (AvgIpc) is 3.63. The number of aryl methyl sites for hydroxylation is 1. The summed E-state index contributed by atoms with van der Waals surface area (Å²) in [6.07, 6.45) is 3.08. The number of esters is 1. The van der Waals surface area contributed by atoms with E-state index < -0.39 is 23.7 Å². The predicted molar refractivity (Wildman–Crippen MR) is 246 cm³/mol. The van der Waals surface area contributed by atoms with Crippen LogP contribution in [0.3, 0.4) is 0 Å². The Hall–Kier alpha value is -6.44. The molecule has 6 aromatic carbocycles. The number of benzene rings is 6. The summed E-state index contributed by atoms with van der Waals surface area (Å²) in [6.45, 7) is 7.84. The number of ether oxygens (including phenoxy) is 2. The molecule has 1 saturated heterocycles. The number of likely N-dealkylation sites (tertiary alicyclic amines) is 1. The number of amides is 2. The summed E-state index contributed by atoms with van der Waals surface area (Å²) in [5, 5.41) is 3.42. The zero-order valence-electron chi connectivity index (χ0n) is 35.0. The lowest BCUT2D eigenvalue weighted by molar-refractivity contribution is -0.153. The molecular formula is C54H51ClN2O5. The molecule has 1 heterocycles. The van der Waals surface area contributed by atoms with Gasteiger partial charge in [-0.1, -0.05) is 169 Å². The number of alkyl carbamates (subject to hydrolysis) is 1. The Morgan fingerprint density at radius 2 is 1.32 bits per heavy atom. The van der Waals surface area contributed by atoms with Gasteiger partial charge in [0, 0.05) is 53.6 Å². The van der Waals surface area contributed by atoms with Crippen LogP contribution >= 0.6 is 11.6 Å². The fourth-order valence-electron chi connectivity index (χ4n) is 8.91. The Kier molecular flexibility index (Phi) is 13.0. The van der Waals surface area contributed by atoms with Gasteiger partial charge in [0.2, 0.25) is 5.91 Å². The molecule has 1 fully saturated rings. The molecule has 8 rings (SSSR count). The molecule has 2 aliphatic rings. The van der Waals surface area contributed by atoms with Crippen molar-refractivity contribution in [2.45, 2.75) is 63.0 Å². The van der Waals surface area contributed by atoms with Crippen LogP contribution in [0.15, 0.2) is 158 Å². The van der Waals surface area contributed by atoms with Crippen molar-refractivity contribution >= 4 is 35.1 Å². The predicted octanol–water partition coefficient (Wildman–Crippen LogP) is 11.4. The lowest BCUT2D eigenvalue weighted by atomic mass is 9.79. The van der Waals surface area contributed by atoms with Crippen LogP contribution in [0.1, 0.15) is 82.5 Å². The number of carbonyl (C=O) groups is 3. The van der Waals surface area contributed by atoms with Gasteiger partial charge in [-0.15, -0.1) is 0 Å². The van der Waals surface area contributed by atoms with Crippen LogP contribution in [0, 0.1) is 6.92 Å². The standard InChI is InChI=1S/C54H51ClN2O5/c1-37-23-30-42(31-24-37)54(41-15-5-3-6-16-41,48-21-11-12-22-49(48)55)62-51(58)32-25-38(2)40-28-26-39(27-29-40)35-50(52(59)57-33-13-4-14-34-57)56-53(60)61-36-47-45-19-9-7-17-43(45)44-18-8-10-20-46(44)47/h3,5-12,15-24,26-31,47,50H,2,4,13-14,25,32-36H2,1H3,(H,56,60)/t50-,54?/m0/s1. The minimum atomic E-state index is -1.29. The van der Waals surface area contributed by atoms with Gasteiger partial charge in [0.25, 0.3) is 0 Å². The molecule has 1 unspecified atom stereocenters. The molecule has 0 bridgehead atoms. The molecule has 6 aromatic rings. The number of nitrogens with one attached hydrogen (secondary N) is 1. The van der Waals surface area contributed by atoms with Crippen molar-refractivity contribution < 1.29 is 23.9 Å². The Bertz CT molecular complexity index is 2500. The van der Waals surface area contributed by atoms with E-state index in [-0.39, 0.29) is 24.9 Å². The van der Waals surface area contributed by atoms with Crippen LogP contribution in [0.4, 0.5) is 4.79 Å². The minimum Gasteiger partial charge on any atom is -0.449 e. The third kappa shape index (κ3) is 9.09. The van der Waals surface area contributed by atoms with E-state index in [1.165, 1.54) is 0 Å². The van der Waals surface area contributed by atoms with Gasteiger partial charge in [-0.3, -0.25) is 9.59 Å². The third-order valence-corrected chi connectivity index (χ3v) is 12.5. The highest BCUT2D eigenvalue weighted by Gasteiger charge is 2.42. The number of carbonyl (C=O) groups excluding carboxylic acids is 3. The number of piperidine rings is 1. The van der Waals surface area contributed by atoms with Crippen LogP contribution in [0.5, 0.6) is 0 Å². The number of hydrogen-bond acceptors (Lipinski definition) is 5. The zero-order chi connectivity index (χ0) is 43.1. The van der Waals surface area contributed by atoms with Crippen molar-refractivity contribution in [2.75, 3.05) is 19.7 Å². The topological polar surface area (TPSA) is 84.9 Å². The van der Waals surface area contributed by atoms with Gasteiger partial charge in [0.15, 0.2) is 5.60 Å². The lowest BCUT2D eigenvalue weighted by Gasteiger charge is -2.36. The SMILES string of the molecule is C=C(CCC(=O)OC(c1ccccc1)(c1ccc(C)cc1)c1ccccc1Cl)c1ccc(C[C@H](NC(=O)OCC2c3ccccc3-c3ccccc32)C(=O)N2CCCCC2)cc1. The first-order chi connectivity index (χ1) is 30.2. The molecule has 8 heteroatoms. The highest BCUT2D eigenvalue weighted by Crippen LogP contribution is 2.45. The quantitative estimate of drug-likeness (QED) is 0.0872. The summed E-state index contributed by atoms with van der Waals surface area (Å²) < 4.78 is 12.5. The minimum absolute atomic E-state index is 0.0853. The maximum atomic E-state index is 14.0. The third-order valence-electron chi connectivity index (χ3n) is 12.2. The number of hydrogen-bond donors (Lipinski definition) is 1. The van der Waals surface area contributed by atoms with Crippen LogP contribution in [-0.2, 0) is 31.1 Å². The molecule has 2 atom stereocenters. The Labute approximate surface area is 369 Å². The highest BCUT2D eigenvalue weighted by atomic mass is 35.5. The van der Waals surface area contributed by atoms with Crippen LogP contribution in [0.2, 0.25) is 5.02 Å². The summed E-state index contributed by atoms with van der Waals surface area (Å²) in [5.74, 6) is -0.599. The summed E-state index contributed by atoms with van der Waals surface area (Å²) in [7, 11) is 0. The molecule has 1 N–H and O–H groups in total. The molecule has 2 amide bonds. The molecule has 314 valence electrons. The van der Waals surface area contributed by atoms with Crippen molar-refractivity contribution in [2.24, 2.45) is 0 Å². The van der Waals surface area contributed by atoms with Crippen LogP contribution in [0.25, 0.3) is 16.7 Å². The van der Waals surface area contributed by atoms with Crippen molar-refractivity contribution in [1.29, 1.82) is 0 Å². The second-order valence-electron chi connectivity index (χ2n) is 16.3. The van der Waals surface area contributed by atoms with E-state index in [2.05, 4.69) is 36.2 Å². The molecule has 1 aliphatic heterocycles. The second kappa shape index (κ2) is 19.1. The van der Waals surface area contributed by atoms with Crippen LogP contribution in [-0.4, -0.2) is 48.6 Å². The number of halogens is 1. The van der Waals surface area contributed by atoms with E-state index in [0.29, 0.717) is 36.5 Å². The molecule has 1 aliphatic carbocycles. The summed E-state index contributed by atoms with van der Waals surface area (Å²) >= 11 is 6.87. The van der Waals surface area contributed by atoms with Gasteiger partial charge in [0.05, 0.1) is 0 Å². The number of allylic oxidation sites excluding steroid dienone is 1. The molecule has 0 saturated carbocycles. The maximum Gasteiger partial charge on any atom is 0.407 e. The van der Waals surface area contributed by atoms with Gasteiger partial charge in [-0.25, -0.2) is 4.79 Å². The average molecular weight is 843 g/mol. The Morgan fingerprint density at radius 1 is 0.726 bits per heavy atom. The van der Waals surface area contributed by atoms with Crippen molar-refractivity contribution in [1.82, 2.24) is 10.2 Å². The molecule has 62 heavy (non-hydrogen) atoms. The summed E-state index contributed by atoms with van der Waals surface area (Å²) in [6, 6.07) is 48.6.